The summed E-state index contributed by atoms with van der Waals surface area (Å²) in [6.45, 7) is 2.86. The van der Waals surface area contributed by atoms with Crippen molar-refractivity contribution >= 4 is 5.69 Å². The van der Waals surface area contributed by atoms with Gasteiger partial charge in [-0.05, 0) is 29.8 Å². The second kappa shape index (κ2) is 7.21. The van der Waals surface area contributed by atoms with Crippen molar-refractivity contribution in [1.29, 1.82) is 0 Å². The molecule has 2 aliphatic rings. The number of rotatable bonds is 6. The summed E-state index contributed by atoms with van der Waals surface area (Å²) in [7, 11) is 0. The van der Waals surface area contributed by atoms with Crippen molar-refractivity contribution in [3.63, 3.8) is 0 Å². The summed E-state index contributed by atoms with van der Waals surface area (Å²) >= 11 is 0. The van der Waals surface area contributed by atoms with Crippen molar-refractivity contribution in [3.05, 3.63) is 48.0 Å². The Morgan fingerprint density at radius 2 is 1.92 bits per heavy atom. The number of fused-ring (bicyclic) bond motifs is 2. The molecule has 2 aliphatic heterocycles. The number of hydrogen-bond donors (Lipinski definition) is 1. The molecule has 6 nitrogen and oxygen atoms in total. The van der Waals surface area contributed by atoms with Crippen LogP contribution in [0.15, 0.2) is 42.5 Å². The van der Waals surface area contributed by atoms with Gasteiger partial charge in [-0.15, -0.1) is 0 Å². The fourth-order valence-corrected chi connectivity index (χ4v) is 3.07. The van der Waals surface area contributed by atoms with Gasteiger partial charge in [-0.1, -0.05) is 18.2 Å². The fourth-order valence-electron chi connectivity index (χ4n) is 3.07. The molecule has 2 heterocycles. The Morgan fingerprint density at radius 3 is 2.88 bits per heavy atom. The molecule has 0 aromatic heterocycles. The molecule has 0 saturated heterocycles. The maximum Gasteiger partial charge on any atom is 0.231 e. The van der Waals surface area contributed by atoms with Gasteiger partial charge in [0.15, 0.2) is 11.5 Å². The summed E-state index contributed by atoms with van der Waals surface area (Å²) in [6.07, 6.45) is -0.569. The van der Waals surface area contributed by atoms with E-state index in [4.69, 9.17) is 18.9 Å². The lowest BCUT2D eigenvalue weighted by molar-refractivity contribution is 0.0314. The summed E-state index contributed by atoms with van der Waals surface area (Å²) in [6, 6.07) is 13.6. The molecule has 0 spiro atoms. The number of benzene rings is 2. The lowest BCUT2D eigenvalue weighted by atomic mass is 10.2. The fraction of sp³-hybridized carbons (Fsp3) is 0.368. The van der Waals surface area contributed by atoms with Gasteiger partial charge in [0.2, 0.25) is 6.79 Å². The van der Waals surface area contributed by atoms with Crippen LogP contribution in [0.3, 0.4) is 0 Å². The maximum absolute atomic E-state index is 10.3. The minimum absolute atomic E-state index is 0.263. The minimum Gasteiger partial charge on any atom is -0.490 e. The summed E-state index contributed by atoms with van der Waals surface area (Å²) in [5.41, 5.74) is 2.01. The van der Waals surface area contributed by atoms with Crippen LogP contribution in [0.25, 0.3) is 0 Å². The molecule has 0 saturated carbocycles. The second-order valence-corrected chi connectivity index (χ2v) is 6.12. The van der Waals surface area contributed by atoms with E-state index in [1.807, 2.05) is 42.5 Å². The smallest absolute Gasteiger partial charge is 0.231 e. The normalized spacial score (nSPS) is 16.3. The van der Waals surface area contributed by atoms with Crippen molar-refractivity contribution in [1.82, 2.24) is 0 Å². The molecule has 1 N–H and O–H groups in total. The summed E-state index contributed by atoms with van der Waals surface area (Å²) in [4.78, 5) is 2.13. The quantitative estimate of drug-likeness (QED) is 0.868. The molecular weight excluding hydrogens is 322 g/mol. The number of β-amino-alcohol motifs (C(OH)–C–C–N with tert-alkyl or cyclic N) is 1. The Hall–Kier alpha value is -2.44. The topological polar surface area (TPSA) is 60.4 Å². The first-order valence-corrected chi connectivity index (χ1v) is 8.41. The summed E-state index contributed by atoms with van der Waals surface area (Å²) in [5.74, 6) is 2.36. The van der Waals surface area contributed by atoms with E-state index in [2.05, 4.69) is 4.90 Å². The lowest BCUT2D eigenvalue weighted by Gasteiger charge is -2.32. The molecule has 2 aromatic rings. The average molecular weight is 343 g/mol. The number of ether oxygens (including phenoxy) is 4. The third-order valence-corrected chi connectivity index (χ3v) is 4.27. The molecule has 4 rings (SSSR count). The lowest BCUT2D eigenvalue weighted by Crippen LogP contribution is -2.39. The van der Waals surface area contributed by atoms with E-state index in [0.29, 0.717) is 19.8 Å². The Morgan fingerprint density at radius 1 is 1.04 bits per heavy atom. The molecule has 0 aliphatic carbocycles. The zero-order chi connectivity index (χ0) is 17.1. The van der Waals surface area contributed by atoms with Crippen molar-refractivity contribution in [2.45, 2.75) is 12.7 Å². The molecule has 0 fully saturated rings. The van der Waals surface area contributed by atoms with E-state index in [1.165, 1.54) is 0 Å². The highest BCUT2D eigenvalue weighted by Gasteiger charge is 2.20. The highest BCUT2D eigenvalue weighted by atomic mass is 16.7. The number of anilines is 1. The molecule has 25 heavy (non-hydrogen) atoms. The van der Waals surface area contributed by atoms with Crippen LogP contribution in [0.4, 0.5) is 5.69 Å². The van der Waals surface area contributed by atoms with Gasteiger partial charge in [-0.25, -0.2) is 0 Å². The van der Waals surface area contributed by atoms with Gasteiger partial charge in [0, 0.05) is 6.54 Å². The molecule has 0 radical (unpaired) electrons. The van der Waals surface area contributed by atoms with Crippen LogP contribution >= 0.6 is 0 Å². The van der Waals surface area contributed by atoms with Gasteiger partial charge >= 0.3 is 0 Å². The predicted molar refractivity (Wildman–Crippen MR) is 92.4 cm³/mol. The third kappa shape index (κ3) is 3.65. The average Bonchev–Trinajstić information content (AvgIpc) is 3.10. The molecule has 2 aromatic carbocycles. The molecule has 0 unspecified atom stereocenters. The van der Waals surface area contributed by atoms with Gasteiger partial charge in [0.1, 0.15) is 12.4 Å². The largest absolute Gasteiger partial charge is 0.490 e. The molecule has 0 amide bonds. The third-order valence-electron chi connectivity index (χ3n) is 4.27. The van der Waals surface area contributed by atoms with Crippen LogP contribution in [0.1, 0.15) is 5.56 Å². The second-order valence-electron chi connectivity index (χ2n) is 6.12. The Kier molecular flexibility index (Phi) is 4.63. The van der Waals surface area contributed by atoms with Gasteiger partial charge in [-0.3, -0.25) is 0 Å². The van der Waals surface area contributed by atoms with E-state index >= 15 is 0 Å². The number of nitrogens with zero attached hydrogens (tertiary/aromatic N) is 1. The number of hydrogen-bond acceptors (Lipinski definition) is 6. The SMILES string of the molecule is O[C@@H](COCc1ccc2c(c1)OCO2)CN1CCOc2ccccc21. The Balaban J connectivity index is 1.28. The first-order chi connectivity index (χ1) is 12.3. The van der Waals surface area contributed by atoms with Crippen LogP contribution in [-0.2, 0) is 11.3 Å². The van der Waals surface area contributed by atoms with E-state index in [9.17, 15) is 5.11 Å². The maximum atomic E-state index is 10.3. The number of aliphatic hydroxyl groups is 1. The monoisotopic (exact) mass is 343 g/mol. The van der Waals surface area contributed by atoms with Crippen LogP contribution in [0, 0.1) is 0 Å². The zero-order valence-corrected chi connectivity index (χ0v) is 13.9. The van der Waals surface area contributed by atoms with Crippen molar-refractivity contribution in [2.24, 2.45) is 0 Å². The van der Waals surface area contributed by atoms with Gasteiger partial charge in [0.05, 0.1) is 31.5 Å². The number of aliphatic hydroxyl groups excluding tert-OH is 1. The summed E-state index contributed by atoms with van der Waals surface area (Å²) < 4.78 is 21.9. The molecule has 1 atom stereocenters. The van der Waals surface area contributed by atoms with Crippen LogP contribution in [0.5, 0.6) is 17.2 Å². The van der Waals surface area contributed by atoms with Crippen molar-refractivity contribution in [2.75, 3.05) is 38.0 Å². The Bertz CT molecular complexity index is 736. The van der Waals surface area contributed by atoms with Gasteiger partial charge < -0.3 is 29.0 Å². The van der Waals surface area contributed by atoms with Crippen LogP contribution in [-0.4, -0.2) is 44.3 Å². The zero-order valence-electron chi connectivity index (χ0n) is 13.9. The Labute approximate surface area is 146 Å². The van der Waals surface area contributed by atoms with Crippen molar-refractivity contribution in [3.8, 4) is 17.2 Å². The predicted octanol–water partition coefficient (Wildman–Crippen LogP) is 2.19. The molecule has 132 valence electrons. The first kappa shape index (κ1) is 16.1. The van der Waals surface area contributed by atoms with Crippen LogP contribution in [0.2, 0.25) is 0 Å². The first-order valence-electron chi connectivity index (χ1n) is 8.41. The van der Waals surface area contributed by atoms with E-state index < -0.39 is 6.10 Å². The molecule has 6 heteroatoms. The summed E-state index contributed by atoms with van der Waals surface area (Å²) in [5, 5.41) is 10.3. The highest BCUT2D eigenvalue weighted by Crippen LogP contribution is 2.33. The van der Waals surface area contributed by atoms with Crippen molar-refractivity contribution < 1.29 is 24.1 Å². The van der Waals surface area contributed by atoms with Gasteiger partial charge in [0.25, 0.3) is 0 Å². The molecule has 0 bridgehead atoms. The van der Waals surface area contributed by atoms with Gasteiger partial charge in [-0.2, -0.15) is 0 Å². The van der Waals surface area contributed by atoms with E-state index in [-0.39, 0.29) is 13.4 Å². The van der Waals surface area contributed by atoms with Crippen LogP contribution < -0.4 is 19.1 Å². The molecular formula is C19H21NO5. The standard InChI is InChI=1S/C19H21NO5/c21-15(10-20-7-8-23-17-4-2-1-3-16(17)20)12-22-11-14-5-6-18-19(9-14)25-13-24-18/h1-6,9,15,21H,7-8,10-13H2/t15-/m1/s1. The minimum atomic E-state index is -0.569. The van der Waals surface area contributed by atoms with E-state index in [1.54, 1.807) is 0 Å². The van der Waals surface area contributed by atoms with E-state index in [0.717, 1.165) is 35.0 Å². The highest BCUT2D eigenvalue weighted by molar-refractivity contribution is 5.59. The number of para-hydroxylation sites is 2.